The van der Waals surface area contributed by atoms with E-state index in [9.17, 15) is 0 Å². The second kappa shape index (κ2) is 18.7. The van der Waals surface area contributed by atoms with Crippen LogP contribution in [0.15, 0.2) is 285 Å². The van der Waals surface area contributed by atoms with Gasteiger partial charge in [0.05, 0.1) is 0 Å². The summed E-state index contributed by atoms with van der Waals surface area (Å²) in [7, 11) is 0. The first-order valence-corrected chi connectivity index (χ1v) is 22.8. The molecule has 0 radical (unpaired) electrons. The summed E-state index contributed by atoms with van der Waals surface area (Å²) >= 11 is 0. The molecule has 0 spiro atoms. The van der Waals surface area contributed by atoms with Crippen molar-refractivity contribution in [1.29, 1.82) is 0 Å². The molecule has 0 atom stereocenters. The molecule has 3 nitrogen and oxygen atoms in total. The molecule has 0 fully saturated rings. The van der Waals surface area contributed by atoms with Gasteiger partial charge in [0.25, 0.3) is 0 Å². The Bertz CT molecular complexity index is 3340. The van der Waals surface area contributed by atoms with Gasteiger partial charge >= 0.3 is 0 Å². The minimum absolute atomic E-state index is 1.09. The predicted molar refractivity (Wildman–Crippen MR) is 284 cm³/mol. The van der Waals surface area contributed by atoms with Crippen LogP contribution in [-0.2, 0) is 0 Å². The fraction of sp³-hybridized carbons (Fsp3) is 0. The molecule has 0 aliphatic rings. The van der Waals surface area contributed by atoms with E-state index in [1.165, 1.54) is 21.9 Å². The van der Waals surface area contributed by atoms with Gasteiger partial charge in [0, 0.05) is 51.2 Å². The van der Waals surface area contributed by atoms with Gasteiger partial charge in [0.2, 0.25) is 0 Å². The lowest BCUT2D eigenvalue weighted by atomic mass is 10.0. The lowest BCUT2D eigenvalue weighted by molar-refractivity contribution is 1.28. The zero-order valence-electron chi connectivity index (χ0n) is 37.0. The highest BCUT2D eigenvalue weighted by Gasteiger charge is 2.17. The van der Waals surface area contributed by atoms with E-state index >= 15 is 0 Å². The minimum Gasteiger partial charge on any atom is -0.311 e. The molecule has 11 aromatic carbocycles. The molecule has 0 bridgehead atoms. The van der Waals surface area contributed by atoms with Gasteiger partial charge in [-0.1, -0.05) is 176 Å². The topological polar surface area (TPSA) is 9.72 Å². The third kappa shape index (κ3) is 8.70. The molecular formula is C64H47N3. The van der Waals surface area contributed by atoms with Crippen molar-refractivity contribution >= 4 is 62.0 Å². The number of hydrogen-bond acceptors (Lipinski definition) is 3. The Balaban J connectivity index is 0.846. The Morgan fingerprint density at radius 2 is 0.373 bits per heavy atom. The number of rotatable bonds is 12. The summed E-state index contributed by atoms with van der Waals surface area (Å²) < 4.78 is 0. The Morgan fingerprint density at radius 3 is 0.701 bits per heavy atom. The van der Waals surface area contributed by atoms with Gasteiger partial charge in [-0.15, -0.1) is 0 Å². The van der Waals surface area contributed by atoms with Gasteiger partial charge in [-0.25, -0.2) is 0 Å². The number of fused-ring (bicyclic) bond motifs is 1. The van der Waals surface area contributed by atoms with Crippen molar-refractivity contribution in [3.8, 4) is 33.4 Å². The zero-order chi connectivity index (χ0) is 44.8. The Morgan fingerprint density at radius 1 is 0.149 bits per heavy atom. The van der Waals surface area contributed by atoms with Gasteiger partial charge in [0.15, 0.2) is 0 Å². The number of hydrogen-bond donors (Lipinski definition) is 0. The first-order chi connectivity index (χ1) is 33.2. The molecule has 11 aromatic rings. The van der Waals surface area contributed by atoms with E-state index in [0.717, 1.165) is 73.4 Å². The van der Waals surface area contributed by atoms with Crippen molar-refractivity contribution in [3.05, 3.63) is 285 Å². The van der Waals surface area contributed by atoms with Crippen LogP contribution >= 0.6 is 0 Å². The van der Waals surface area contributed by atoms with E-state index in [2.05, 4.69) is 300 Å². The number of anilines is 9. The van der Waals surface area contributed by atoms with E-state index in [0.29, 0.717) is 0 Å². The second-order valence-electron chi connectivity index (χ2n) is 16.6. The standard InChI is InChI=1S/C64H47N3/c1-5-15-48(16-6-1)50-25-36-59(37-26-50)65(56-19-7-2-8-20-56)60-38-27-51(28-39-60)52-29-40-61(41-30-52)66(57-21-9-3-10-22-57)62-42-31-53(32-43-62)54-33-44-63(45-34-54)67(58-23-11-4-12-24-58)64-46-35-49-17-13-14-18-55(49)47-64/h1-47H. The molecule has 0 aliphatic heterocycles. The van der Waals surface area contributed by atoms with Crippen molar-refractivity contribution in [3.63, 3.8) is 0 Å². The summed E-state index contributed by atoms with van der Waals surface area (Å²) in [4.78, 5) is 6.96. The summed E-state index contributed by atoms with van der Waals surface area (Å²) in [6.45, 7) is 0. The number of para-hydroxylation sites is 3. The average Bonchev–Trinajstić information content (AvgIpc) is 3.41. The van der Waals surface area contributed by atoms with Crippen molar-refractivity contribution in [1.82, 2.24) is 0 Å². The first-order valence-electron chi connectivity index (χ1n) is 22.8. The Labute approximate surface area is 393 Å². The van der Waals surface area contributed by atoms with Crippen molar-refractivity contribution in [2.45, 2.75) is 0 Å². The summed E-state index contributed by atoms with van der Waals surface area (Å²) in [5, 5.41) is 2.45. The van der Waals surface area contributed by atoms with Crippen LogP contribution in [0.4, 0.5) is 51.2 Å². The molecule has 0 saturated heterocycles. The van der Waals surface area contributed by atoms with E-state index in [1.807, 2.05) is 0 Å². The maximum atomic E-state index is 2.32. The number of nitrogens with zero attached hydrogens (tertiary/aromatic N) is 3. The molecule has 0 amide bonds. The molecule has 11 rings (SSSR count). The highest BCUT2D eigenvalue weighted by Crippen LogP contribution is 2.41. The maximum absolute atomic E-state index is 2.32. The molecule has 0 saturated carbocycles. The lowest BCUT2D eigenvalue weighted by Crippen LogP contribution is -2.10. The van der Waals surface area contributed by atoms with Gasteiger partial charge in [-0.2, -0.15) is 0 Å². The van der Waals surface area contributed by atoms with E-state index in [-0.39, 0.29) is 0 Å². The smallest absolute Gasteiger partial charge is 0.0468 e. The molecule has 318 valence electrons. The van der Waals surface area contributed by atoms with Crippen LogP contribution in [0.2, 0.25) is 0 Å². The van der Waals surface area contributed by atoms with Crippen LogP contribution in [-0.4, -0.2) is 0 Å². The quantitative estimate of drug-likeness (QED) is 0.121. The predicted octanol–water partition coefficient (Wildman–Crippen LogP) is 18.3. The summed E-state index contributed by atoms with van der Waals surface area (Å²) in [6.07, 6.45) is 0. The van der Waals surface area contributed by atoms with Gasteiger partial charge in [0.1, 0.15) is 0 Å². The van der Waals surface area contributed by atoms with Crippen molar-refractivity contribution < 1.29 is 0 Å². The summed E-state index contributed by atoms with van der Waals surface area (Å²) in [6, 6.07) is 102. The first kappa shape index (κ1) is 40.8. The molecule has 0 aliphatic carbocycles. The van der Waals surface area contributed by atoms with E-state index in [4.69, 9.17) is 0 Å². The van der Waals surface area contributed by atoms with Crippen LogP contribution in [0.5, 0.6) is 0 Å². The van der Waals surface area contributed by atoms with Crippen LogP contribution in [0.25, 0.3) is 44.2 Å². The highest BCUT2D eigenvalue weighted by molar-refractivity contribution is 5.90. The third-order valence-corrected chi connectivity index (χ3v) is 12.4. The molecule has 0 aromatic heterocycles. The van der Waals surface area contributed by atoms with E-state index in [1.54, 1.807) is 0 Å². The normalized spacial score (nSPS) is 11.0. The molecule has 67 heavy (non-hydrogen) atoms. The van der Waals surface area contributed by atoms with Crippen molar-refractivity contribution in [2.24, 2.45) is 0 Å². The largest absolute Gasteiger partial charge is 0.311 e. The Hall–Kier alpha value is -8.92. The SMILES string of the molecule is c1ccc(-c2ccc(N(c3ccccc3)c3ccc(-c4ccc(N(c5ccccc5)c5ccc(-c6ccc(N(c7ccccc7)c7ccc8ccccc8c7)cc6)cc5)cc4)cc3)cc2)cc1. The summed E-state index contributed by atoms with van der Waals surface area (Å²) in [5.41, 5.74) is 17.0. The molecule has 3 heteroatoms. The zero-order valence-corrected chi connectivity index (χ0v) is 37.0. The van der Waals surface area contributed by atoms with Crippen LogP contribution in [0.3, 0.4) is 0 Å². The maximum Gasteiger partial charge on any atom is 0.0468 e. The van der Waals surface area contributed by atoms with E-state index < -0.39 is 0 Å². The third-order valence-electron chi connectivity index (χ3n) is 12.4. The second-order valence-corrected chi connectivity index (χ2v) is 16.6. The molecular weight excluding hydrogens is 811 g/mol. The number of benzene rings is 11. The fourth-order valence-electron chi connectivity index (χ4n) is 9.03. The van der Waals surface area contributed by atoms with Crippen molar-refractivity contribution in [2.75, 3.05) is 14.7 Å². The fourth-order valence-corrected chi connectivity index (χ4v) is 9.03. The average molecular weight is 858 g/mol. The Kier molecular flexibility index (Phi) is 11.4. The molecule has 0 unspecified atom stereocenters. The van der Waals surface area contributed by atoms with Crippen LogP contribution in [0.1, 0.15) is 0 Å². The highest BCUT2D eigenvalue weighted by atomic mass is 15.2. The van der Waals surface area contributed by atoms with Gasteiger partial charge in [-0.05, 0) is 153 Å². The van der Waals surface area contributed by atoms with Crippen LogP contribution in [0, 0.1) is 0 Å². The summed E-state index contributed by atoms with van der Waals surface area (Å²) in [5.74, 6) is 0. The minimum atomic E-state index is 1.09. The molecule has 0 heterocycles. The van der Waals surface area contributed by atoms with Crippen LogP contribution < -0.4 is 14.7 Å². The van der Waals surface area contributed by atoms with Gasteiger partial charge in [-0.3, -0.25) is 0 Å². The monoisotopic (exact) mass is 857 g/mol. The molecule has 0 N–H and O–H groups in total. The van der Waals surface area contributed by atoms with Gasteiger partial charge < -0.3 is 14.7 Å². The lowest BCUT2D eigenvalue weighted by Gasteiger charge is -2.26.